The van der Waals surface area contributed by atoms with Crippen LogP contribution in [-0.2, 0) is 0 Å². The number of halogens is 1. The number of aromatic nitrogens is 4. The summed E-state index contributed by atoms with van der Waals surface area (Å²) >= 11 is 0. The van der Waals surface area contributed by atoms with E-state index in [0.717, 1.165) is 16.8 Å². The van der Waals surface area contributed by atoms with E-state index in [1.807, 2.05) is 12.1 Å². The van der Waals surface area contributed by atoms with Gasteiger partial charge in [0.2, 0.25) is 5.56 Å². The SMILES string of the molecule is O=c1ccc(-c2ccc(-c3nc4ccc(F)cc4[nH]3)cn2)c[nH]1. The van der Waals surface area contributed by atoms with E-state index < -0.39 is 0 Å². The Morgan fingerprint density at radius 3 is 2.61 bits per heavy atom. The van der Waals surface area contributed by atoms with Crippen molar-refractivity contribution in [1.82, 2.24) is 19.9 Å². The third-order valence-electron chi connectivity index (χ3n) is 3.56. The summed E-state index contributed by atoms with van der Waals surface area (Å²) in [6.07, 6.45) is 3.31. The molecule has 0 saturated carbocycles. The molecule has 0 aliphatic rings. The van der Waals surface area contributed by atoms with Gasteiger partial charge in [0.1, 0.15) is 11.6 Å². The van der Waals surface area contributed by atoms with Gasteiger partial charge in [-0.05, 0) is 36.4 Å². The first kappa shape index (κ1) is 13.4. The van der Waals surface area contributed by atoms with E-state index >= 15 is 0 Å². The summed E-state index contributed by atoms with van der Waals surface area (Å²) in [6.45, 7) is 0. The van der Waals surface area contributed by atoms with Crippen LogP contribution < -0.4 is 5.56 Å². The van der Waals surface area contributed by atoms with Crippen LogP contribution in [0.4, 0.5) is 4.39 Å². The fourth-order valence-electron chi connectivity index (χ4n) is 2.39. The minimum absolute atomic E-state index is 0.153. The molecule has 2 N–H and O–H groups in total. The molecule has 0 amide bonds. The first-order valence-electron chi connectivity index (χ1n) is 7.00. The lowest BCUT2D eigenvalue weighted by molar-refractivity contribution is 0.629. The van der Waals surface area contributed by atoms with Gasteiger partial charge in [-0.25, -0.2) is 9.37 Å². The molecule has 1 aromatic carbocycles. The monoisotopic (exact) mass is 306 g/mol. The molecule has 4 aromatic rings. The van der Waals surface area contributed by atoms with Crippen molar-refractivity contribution in [2.24, 2.45) is 0 Å². The maximum atomic E-state index is 13.2. The predicted molar refractivity (Wildman–Crippen MR) is 85.3 cm³/mol. The molecule has 3 heterocycles. The van der Waals surface area contributed by atoms with Crippen LogP contribution in [0.15, 0.2) is 59.7 Å². The van der Waals surface area contributed by atoms with Crippen molar-refractivity contribution in [2.75, 3.05) is 0 Å². The van der Waals surface area contributed by atoms with Gasteiger partial charge in [0.05, 0.1) is 16.7 Å². The molecule has 0 bridgehead atoms. The Morgan fingerprint density at radius 2 is 1.87 bits per heavy atom. The first-order valence-corrected chi connectivity index (χ1v) is 7.00. The maximum Gasteiger partial charge on any atom is 0.247 e. The van der Waals surface area contributed by atoms with Crippen LogP contribution in [-0.4, -0.2) is 19.9 Å². The molecular weight excluding hydrogens is 295 g/mol. The number of fused-ring (bicyclic) bond motifs is 1. The second-order valence-corrected chi connectivity index (χ2v) is 5.12. The number of H-pyrrole nitrogens is 2. The molecule has 4 rings (SSSR count). The molecule has 0 saturated heterocycles. The third kappa shape index (κ3) is 2.50. The van der Waals surface area contributed by atoms with Crippen molar-refractivity contribution in [1.29, 1.82) is 0 Å². The number of imidazole rings is 1. The van der Waals surface area contributed by atoms with Crippen LogP contribution in [0.5, 0.6) is 0 Å². The van der Waals surface area contributed by atoms with Gasteiger partial charge >= 0.3 is 0 Å². The Kier molecular flexibility index (Phi) is 3.01. The van der Waals surface area contributed by atoms with E-state index in [4.69, 9.17) is 0 Å². The summed E-state index contributed by atoms with van der Waals surface area (Å²) < 4.78 is 13.2. The Balaban J connectivity index is 1.71. The molecule has 3 aromatic heterocycles. The maximum absolute atomic E-state index is 13.2. The second-order valence-electron chi connectivity index (χ2n) is 5.12. The summed E-state index contributed by atoms with van der Waals surface area (Å²) in [5, 5.41) is 0. The van der Waals surface area contributed by atoms with Crippen LogP contribution in [0.2, 0.25) is 0 Å². The summed E-state index contributed by atoms with van der Waals surface area (Å²) in [7, 11) is 0. The zero-order valence-corrected chi connectivity index (χ0v) is 11.9. The van der Waals surface area contributed by atoms with Crippen molar-refractivity contribution in [3.8, 4) is 22.6 Å². The average Bonchev–Trinajstić information content (AvgIpc) is 2.99. The second kappa shape index (κ2) is 5.17. The molecule has 0 radical (unpaired) electrons. The number of rotatable bonds is 2. The summed E-state index contributed by atoms with van der Waals surface area (Å²) in [5.41, 5.74) is 3.56. The molecule has 0 aliphatic carbocycles. The highest BCUT2D eigenvalue weighted by Crippen LogP contribution is 2.22. The Bertz CT molecular complexity index is 1030. The first-order chi connectivity index (χ1) is 11.2. The summed E-state index contributed by atoms with van der Waals surface area (Å²) in [4.78, 5) is 25.6. The zero-order chi connectivity index (χ0) is 15.8. The van der Waals surface area contributed by atoms with Crippen LogP contribution in [0.25, 0.3) is 33.7 Å². The van der Waals surface area contributed by atoms with Gasteiger partial charge in [-0.2, -0.15) is 0 Å². The molecule has 0 unspecified atom stereocenters. The molecular formula is C17H11FN4O. The molecule has 112 valence electrons. The highest BCUT2D eigenvalue weighted by molar-refractivity contribution is 5.79. The van der Waals surface area contributed by atoms with Crippen LogP contribution in [0.1, 0.15) is 0 Å². The molecule has 0 spiro atoms. The van der Waals surface area contributed by atoms with Gasteiger partial charge in [-0.1, -0.05) is 0 Å². The number of benzene rings is 1. The van der Waals surface area contributed by atoms with E-state index in [0.29, 0.717) is 16.9 Å². The fraction of sp³-hybridized carbons (Fsp3) is 0. The number of nitrogens with zero attached hydrogens (tertiary/aromatic N) is 2. The molecule has 0 aliphatic heterocycles. The normalized spacial score (nSPS) is 11.0. The molecule has 0 atom stereocenters. The lowest BCUT2D eigenvalue weighted by Gasteiger charge is -2.01. The number of aromatic amines is 2. The summed E-state index contributed by atoms with van der Waals surface area (Å²) in [6, 6.07) is 11.3. The molecule has 0 fully saturated rings. The van der Waals surface area contributed by atoms with E-state index in [-0.39, 0.29) is 11.4 Å². The van der Waals surface area contributed by atoms with Crippen molar-refractivity contribution in [3.05, 3.63) is 71.0 Å². The zero-order valence-electron chi connectivity index (χ0n) is 11.9. The number of nitrogens with one attached hydrogen (secondary N) is 2. The minimum atomic E-state index is -0.306. The van der Waals surface area contributed by atoms with E-state index in [9.17, 15) is 9.18 Å². The van der Waals surface area contributed by atoms with E-state index in [2.05, 4.69) is 19.9 Å². The standard InChI is InChI=1S/C17H11FN4O/c18-12-3-5-14-15(7-12)22-17(21-14)11-1-4-13(19-9-11)10-2-6-16(23)20-8-10/h1-9H,(H,20,23)(H,21,22). The number of hydrogen-bond acceptors (Lipinski definition) is 3. The van der Waals surface area contributed by atoms with Crippen LogP contribution >= 0.6 is 0 Å². The van der Waals surface area contributed by atoms with Gasteiger partial charge in [-0.15, -0.1) is 0 Å². The Labute approximate surface area is 129 Å². The topological polar surface area (TPSA) is 74.4 Å². The summed E-state index contributed by atoms with van der Waals surface area (Å²) in [5.74, 6) is 0.324. The smallest absolute Gasteiger partial charge is 0.247 e. The minimum Gasteiger partial charge on any atom is -0.338 e. The van der Waals surface area contributed by atoms with Crippen molar-refractivity contribution >= 4 is 11.0 Å². The molecule has 6 heteroatoms. The van der Waals surface area contributed by atoms with Crippen molar-refractivity contribution < 1.29 is 4.39 Å². The highest BCUT2D eigenvalue weighted by atomic mass is 19.1. The number of pyridine rings is 2. The van der Waals surface area contributed by atoms with Crippen molar-refractivity contribution in [2.45, 2.75) is 0 Å². The number of hydrogen-bond donors (Lipinski definition) is 2. The van der Waals surface area contributed by atoms with Crippen LogP contribution in [0.3, 0.4) is 0 Å². The average molecular weight is 306 g/mol. The van der Waals surface area contributed by atoms with Gasteiger partial charge in [0.15, 0.2) is 0 Å². The third-order valence-corrected chi connectivity index (χ3v) is 3.56. The van der Waals surface area contributed by atoms with Gasteiger partial charge in [0, 0.05) is 29.6 Å². The van der Waals surface area contributed by atoms with Gasteiger partial charge in [-0.3, -0.25) is 9.78 Å². The van der Waals surface area contributed by atoms with Gasteiger partial charge < -0.3 is 9.97 Å². The Hall–Kier alpha value is -3.28. The highest BCUT2D eigenvalue weighted by Gasteiger charge is 2.07. The predicted octanol–water partition coefficient (Wildman–Crippen LogP) is 3.12. The lowest BCUT2D eigenvalue weighted by Crippen LogP contribution is -2.01. The molecule has 5 nitrogen and oxygen atoms in total. The lowest BCUT2D eigenvalue weighted by atomic mass is 10.1. The van der Waals surface area contributed by atoms with Gasteiger partial charge in [0.25, 0.3) is 0 Å². The van der Waals surface area contributed by atoms with E-state index in [1.165, 1.54) is 18.2 Å². The van der Waals surface area contributed by atoms with E-state index in [1.54, 1.807) is 24.5 Å². The van der Waals surface area contributed by atoms with Crippen LogP contribution in [0, 0.1) is 5.82 Å². The largest absolute Gasteiger partial charge is 0.338 e. The van der Waals surface area contributed by atoms with Crippen molar-refractivity contribution in [3.63, 3.8) is 0 Å². The molecule has 23 heavy (non-hydrogen) atoms. The fourth-order valence-corrected chi connectivity index (χ4v) is 2.39. The quantitative estimate of drug-likeness (QED) is 0.597. The Morgan fingerprint density at radius 1 is 1.00 bits per heavy atom.